The number of hydrogen-bond acceptors (Lipinski definition) is 8. The van der Waals surface area contributed by atoms with Crippen molar-refractivity contribution in [3.05, 3.63) is 290 Å². The number of nitrogens with zero attached hydrogens (tertiary/aromatic N) is 4. The van der Waals surface area contributed by atoms with E-state index in [4.69, 9.17) is 0 Å². The number of halogens is 2. The summed E-state index contributed by atoms with van der Waals surface area (Å²) in [6, 6.07) is 61.9. The number of allylic oxidation sites excluding steroid dienone is 6. The number of fused-ring (bicyclic) bond motifs is 8. The van der Waals surface area contributed by atoms with Crippen LogP contribution < -0.4 is 0 Å². The molecule has 0 N–H and O–H groups in total. The lowest BCUT2D eigenvalue weighted by atomic mass is 9.65. The van der Waals surface area contributed by atoms with E-state index >= 15 is 8.78 Å². The van der Waals surface area contributed by atoms with Gasteiger partial charge in [0.05, 0.1) is 10.8 Å². The number of thiophene rings is 2. The van der Waals surface area contributed by atoms with Crippen molar-refractivity contribution < 1.29 is 18.4 Å². The zero-order valence-electron chi connectivity index (χ0n) is 57.5. The quantitative estimate of drug-likeness (QED) is 0.0302. The van der Waals surface area contributed by atoms with Gasteiger partial charge in [0, 0.05) is 52.9 Å². The van der Waals surface area contributed by atoms with Gasteiger partial charge in [0.2, 0.25) is 0 Å². The maximum absolute atomic E-state index is 15.3. The highest BCUT2D eigenvalue weighted by Crippen LogP contribution is 2.66. The number of unbranched alkanes of at least 4 members (excludes halogenated alkanes) is 12. The van der Waals surface area contributed by atoms with Crippen LogP contribution in [0.2, 0.25) is 0 Å². The lowest BCUT2D eigenvalue weighted by Crippen LogP contribution is -2.30. The van der Waals surface area contributed by atoms with Crippen LogP contribution in [0.5, 0.6) is 0 Å². The minimum absolute atomic E-state index is 0.120. The Morgan fingerprint density at radius 3 is 0.940 bits per heavy atom. The number of carbonyl (C=O) groups excluding carboxylic acids is 2. The molecule has 0 amide bonds. The molecule has 0 fully saturated rings. The number of ketones is 2. The molecule has 7 aromatic carbocycles. The Labute approximate surface area is 595 Å². The maximum atomic E-state index is 15.3. The standard InChI is InChI=1S/C90H80F2N4O2S2/c1-5-9-13-17-21-57-25-33-63(34-26-57)89(64-35-27-58(28-36-64)22-18-14-10-6-2)79-51-76-80(52-75(79)87-81(89)49-69(99-87)47-77-83(61(53-93)54-94)73-45-67(91)41-43-71(73)85(77)97)90(65-37-29-59(30-38-65)23-19-15-11-7-3,66-39-31-60(32-40-66)24-20-16-12-8-4)82-50-70(100-88(76)82)48-78-84(62(55-95)56-96)74-46-68(92)42-44-72(74)86(78)98/h25-52H,5-24H2,1-4H3. The molecule has 0 spiro atoms. The van der Waals surface area contributed by atoms with E-state index in [1.54, 1.807) is 34.8 Å². The highest BCUT2D eigenvalue weighted by molar-refractivity contribution is 7.17. The summed E-state index contributed by atoms with van der Waals surface area (Å²) in [4.78, 5) is 33.1. The molecular weight excluding hydrogens is 1270 g/mol. The third-order valence-corrected chi connectivity index (χ3v) is 23.4. The highest BCUT2D eigenvalue weighted by Gasteiger charge is 2.53. The number of rotatable bonds is 26. The molecule has 0 saturated heterocycles. The molecular formula is C90H80F2N4O2S2. The molecule has 0 atom stereocenters. The lowest BCUT2D eigenvalue weighted by molar-refractivity contribution is 0.103. The van der Waals surface area contributed by atoms with Crippen LogP contribution in [0.3, 0.4) is 0 Å². The Morgan fingerprint density at radius 1 is 0.360 bits per heavy atom. The predicted octanol–water partition coefficient (Wildman–Crippen LogP) is 23.5. The number of carbonyl (C=O) groups is 2. The molecule has 0 radical (unpaired) electrons. The molecule has 0 bridgehead atoms. The van der Waals surface area contributed by atoms with Crippen molar-refractivity contribution in [2.45, 2.75) is 167 Å². The van der Waals surface area contributed by atoms with Gasteiger partial charge in [-0.05, 0) is 213 Å². The maximum Gasteiger partial charge on any atom is 0.194 e. The molecule has 4 aliphatic rings. The minimum atomic E-state index is -0.975. The molecule has 9 aromatic rings. The number of aryl methyl sites for hydroxylation is 4. The average Bonchev–Trinajstić information content (AvgIpc) is 1.50. The molecule has 498 valence electrons. The van der Waals surface area contributed by atoms with Crippen LogP contribution in [-0.4, -0.2) is 11.6 Å². The van der Waals surface area contributed by atoms with Gasteiger partial charge in [0.25, 0.3) is 0 Å². The first-order chi connectivity index (χ1) is 48.9. The van der Waals surface area contributed by atoms with Crippen molar-refractivity contribution in [1.29, 1.82) is 21.0 Å². The number of hydrogen-bond donors (Lipinski definition) is 0. The molecule has 0 unspecified atom stereocenters. The number of nitriles is 4. The molecule has 4 aliphatic carbocycles. The van der Waals surface area contributed by atoms with E-state index in [9.17, 15) is 30.6 Å². The van der Waals surface area contributed by atoms with Crippen LogP contribution in [0, 0.1) is 57.0 Å². The van der Waals surface area contributed by atoms with Crippen LogP contribution >= 0.6 is 22.7 Å². The van der Waals surface area contributed by atoms with Gasteiger partial charge in [-0.25, -0.2) is 8.78 Å². The topological polar surface area (TPSA) is 129 Å². The first-order valence-electron chi connectivity index (χ1n) is 36.0. The summed E-state index contributed by atoms with van der Waals surface area (Å²) in [6.07, 6.45) is 25.5. The zero-order chi connectivity index (χ0) is 69.7. The van der Waals surface area contributed by atoms with E-state index < -0.39 is 34.0 Å². The van der Waals surface area contributed by atoms with Gasteiger partial charge in [-0.2, -0.15) is 21.0 Å². The van der Waals surface area contributed by atoms with Gasteiger partial charge < -0.3 is 0 Å². The van der Waals surface area contributed by atoms with Crippen molar-refractivity contribution in [2.75, 3.05) is 0 Å². The SMILES string of the molecule is CCCCCCc1ccc(C2(c3ccc(CCCCCC)cc3)c3cc4c(cc3-c3sc(C=C5C(=O)c6ccc(F)cc6C5=C(C#N)C#N)cc32)C(c2ccc(CCCCCC)cc2)(c2ccc(CCCCCC)cc2)c2cc(C=C3C(=O)c5ccc(F)cc5C3=C(C#N)C#N)sc2-4)cc1. The number of Topliss-reactive ketones (excluding diaryl/α,β-unsaturated/α-hetero) is 2. The van der Waals surface area contributed by atoms with Gasteiger partial charge in [-0.15, -0.1) is 22.7 Å². The lowest BCUT2D eigenvalue weighted by Gasteiger charge is -2.35. The fraction of sp³-hybridized carbons (Fsp3) is 0.289. The first-order valence-corrected chi connectivity index (χ1v) is 37.6. The van der Waals surface area contributed by atoms with Crippen molar-refractivity contribution in [3.8, 4) is 45.2 Å². The third-order valence-electron chi connectivity index (χ3n) is 21.1. The Hall–Kier alpha value is -9.94. The van der Waals surface area contributed by atoms with Crippen molar-refractivity contribution in [3.63, 3.8) is 0 Å². The van der Waals surface area contributed by atoms with E-state index in [-0.39, 0.29) is 55.7 Å². The Kier molecular flexibility index (Phi) is 20.5. The van der Waals surface area contributed by atoms with Crippen LogP contribution in [-0.2, 0) is 36.5 Å². The smallest absolute Gasteiger partial charge is 0.194 e. The van der Waals surface area contributed by atoms with Crippen molar-refractivity contribution in [2.24, 2.45) is 0 Å². The third kappa shape index (κ3) is 12.4. The highest BCUT2D eigenvalue weighted by atomic mass is 32.1. The van der Waals surface area contributed by atoms with E-state index in [0.717, 1.165) is 178 Å². The summed E-state index contributed by atoms with van der Waals surface area (Å²) in [6.45, 7) is 8.93. The van der Waals surface area contributed by atoms with Gasteiger partial charge in [0.15, 0.2) is 11.6 Å². The molecule has 10 heteroatoms. The average molecular weight is 1350 g/mol. The van der Waals surface area contributed by atoms with Crippen molar-refractivity contribution >= 4 is 57.5 Å². The fourth-order valence-corrected chi connectivity index (χ4v) is 18.5. The van der Waals surface area contributed by atoms with E-state index in [0.29, 0.717) is 0 Å². The Bertz CT molecular complexity index is 4530. The first kappa shape index (κ1) is 68.6. The summed E-state index contributed by atoms with van der Waals surface area (Å²) < 4.78 is 30.5. The monoisotopic (exact) mass is 1350 g/mol. The van der Waals surface area contributed by atoms with E-state index in [1.807, 2.05) is 24.3 Å². The fourth-order valence-electron chi connectivity index (χ4n) is 16.1. The normalized spacial score (nSPS) is 14.9. The minimum Gasteiger partial charge on any atom is -0.289 e. The van der Waals surface area contributed by atoms with Crippen LogP contribution in [0.1, 0.15) is 239 Å². The van der Waals surface area contributed by atoms with Gasteiger partial charge in [-0.1, -0.05) is 202 Å². The van der Waals surface area contributed by atoms with E-state index in [1.165, 1.54) is 84.3 Å². The second-order valence-corrected chi connectivity index (χ2v) is 29.5. The molecule has 13 rings (SSSR count). The summed E-state index contributed by atoms with van der Waals surface area (Å²) >= 11 is 3.13. The summed E-state index contributed by atoms with van der Waals surface area (Å²) in [5.74, 6) is -1.94. The summed E-state index contributed by atoms with van der Waals surface area (Å²) in [5, 5.41) is 42.0. The molecule has 0 saturated carbocycles. The van der Waals surface area contributed by atoms with Crippen LogP contribution in [0.4, 0.5) is 8.78 Å². The second-order valence-electron chi connectivity index (χ2n) is 27.4. The van der Waals surface area contributed by atoms with Gasteiger partial charge in [-0.3, -0.25) is 9.59 Å². The molecule has 2 heterocycles. The largest absolute Gasteiger partial charge is 0.289 e. The summed E-state index contributed by atoms with van der Waals surface area (Å²) in [7, 11) is 0. The predicted molar refractivity (Wildman–Crippen MR) is 402 cm³/mol. The van der Waals surface area contributed by atoms with Gasteiger partial charge in [0.1, 0.15) is 47.1 Å². The molecule has 100 heavy (non-hydrogen) atoms. The molecule has 6 nitrogen and oxygen atoms in total. The van der Waals surface area contributed by atoms with Crippen LogP contribution in [0.25, 0.3) is 44.2 Å². The Balaban J connectivity index is 1.11. The zero-order valence-corrected chi connectivity index (χ0v) is 59.1. The summed E-state index contributed by atoms with van der Waals surface area (Å²) in [5.41, 5.74) is 14.4. The van der Waals surface area contributed by atoms with Gasteiger partial charge >= 0.3 is 0 Å². The Morgan fingerprint density at radius 2 is 0.660 bits per heavy atom. The molecule has 0 aliphatic heterocycles. The van der Waals surface area contributed by atoms with Crippen molar-refractivity contribution in [1.82, 2.24) is 0 Å². The second kappa shape index (κ2) is 29.9. The number of benzene rings is 7. The van der Waals surface area contributed by atoms with E-state index in [2.05, 4.69) is 149 Å². The molecule has 2 aromatic heterocycles. The van der Waals surface area contributed by atoms with Crippen LogP contribution in [0.15, 0.2) is 180 Å².